The van der Waals surface area contributed by atoms with Gasteiger partial charge in [0.15, 0.2) is 16.6 Å². The van der Waals surface area contributed by atoms with Gasteiger partial charge in [-0.15, -0.1) is 0 Å². The molecule has 0 aromatic heterocycles. The number of thiocarbonyl (C=S) groups is 1. The zero-order chi connectivity index (χ0) is 19.8. The second-order valence-electron chi connectivity index (χ2n) is 5.63. The molecule has 5 nitrogen and oxygen atoms in total. The van der Waals surface area contributed by atoms with E-state index in [9.17, 15) is 4.79 Å². The molecular weight excluding hydrogens is 407 g/mol. The monoisotopic (exact) mass is 426 g/mol. The van der Waals surface area contributed by atoms with Crippen LogP contribution in [0.5, 0.6) is 11.5 Å². The summed E-state index contributed by atoms with van der Waals surface area (Å²) in [7, 11) is 1.59. The van der Waals surface area contributed by atoms with Crippen molar-refractivity contribution in [2.45, 2.75) is 19.9 Å². The van der Waals surface area contributed by atoms with Gasteiger partial charge in [-0.25, -0.2) is 0 Å². The molecular formula is C19H20Cl2N2O3S. The van der Waals surface area contributed by atoms with Crippen molar-refractivity contribution < 1.29 is 14.3 Å². The van der Waals surface area contributed by atoms with E-state index in [-0.39, 0.29) is 5.11 Å². The average Bonchev–Trinajstić information content (AvgIpc) is 2.64. The largest absolute Gasteiger partial charge is 0.493 e. The summed E-state index contributed by atoms with van der Waals surface area (Å²) in [4.78, 5) is 12.2. The maximum atomic E-state index is 12.2. The summed E-state index contributed by atoms with van der Waals surface area (Å²) >= 11 is 17.0. The van der Waals surface area contributed by atoms with Crippen LogP contribution in [-0.2, 0) is 6.54 Å². The standard InChI is InChI=1S/C19H20Cl2N2O3S/c1-3-6-26-16-5-4-12(7-17(16)25-2)11-22-19(27)23-18(24)13-8-14(20)10-15(21)9-13/h4-5,7-10H,3,6,11H2,1-2H3,(H2,22,23,24,27). The van der Waals surface area contributed by atoms with Gasteiger partial charge < -0.3 is 14.8 Å². The molecule has 0 aliphatic rings. The second kappa shape index (κ2) is 10.3. The normalized spacial score (nSPS) is 10.2. The number of methoxy groups -OCH3 is 1. The van der Waals surface area contributed by atoms with Gasteiger partial charge in [0.25, 0.3) is 5.91 Å². The van der Waals surface area contributed by atoms with Crippen molar-refractivity contribution in [1.29, 1.82) is 0 Å². The van der Waals surface area contributed by atoms with Gasteiger partial charge in [0.1, 0.15) is 0 Å². The van der Waals surface area contributed by atoms with Crippen molar-refractivity contribution in [3.63, 3.8) is 0 Å². The Balaban J connectivity index is 1.93. The van der Waals surface area contributed by atoms with Crippen LogP contribution < -0.4 is 20.1 Å². The number of nitrogens with one attached hydrogen (secondary N) is 2. The van der Waals surface area contributed by atoms with Crippen LogP contribution in [0, 0.1) is 0 Å². The molecule has 0 atom stereocenters. The predicted octanol–water partition coefficient (Wildman–Crippen LogP) is 4.60. The number of amides is 1. The number of hydrogen-bond donors (Lipinski definition) is 2. The van der Waals surface area contributed by atoms with Gasteiger partial charge in [-0.1, -0.05) is 36.2 Å². The maximum Gasteiger partial charge on any atom is 0.257 e. The molecule has 144 valence electrons. The second-order valence-corrected chi connectivity index (χ2v) is 6.91. The lowest BCUT2D eigenvalue weighted by Crippen LogP contribution is -2.38. The first-order valence-electron chi connectivity index (χ1n) is 8.28. The van der Waals surface area contributed by atoms with Crippen molar-refractivity contribution in [1.82, 2.24) is 10.6 Å². The van der Waals surface area contributed by atoms with Crippen LogP contribution in [0.4, 0.5) is 0 Å². The fourth-order valence-electron chi connectivity index (χ4n) is 2.24. The van der Waals surface area contributed by atoms with Gasteiger partial charge in [-0.2, -0.15) is 0 Å². The molecule has 0 aliphatic heterocycles. The van der Waals surface area contributed by atoms with Crippen LogP contribution in [0.1, 0.15) is 29.3 Å². The van der Waals surface area contributed by atoms with Crippen LogP contribution in [0.3, 0.4) is 0 Å². The fourth-order valence-corrected chi connectivity index (χ4v) is 2.93. The highest BCUT2D eigenvalue weighted by molar-refractivity contribution is 7.80. The molecule has 1 amide bonds. The lowest BCUT2D eigenvalue weighted by atomic mass is 10.2. The van der Waals surface area contributed by atoms with Crippen LogP contribution >= 0.6 is 35.4 Å². The number of halogens is 2. The van der Waals surface area contributed by atoms with Crippen molar-refractivity contribution >= 4 is 46.4 Å². The van der Waals surface area contributed by atoms with E-state index in [0.717, 1.165) is 12.0 Å². The number of ether oxygens (including phenoxy) is 2. The SMILES string of the molecule is CCCOc1ccc(CNC(=S)NC(=O)c2cc(Cl)cc(Cl)c2)cc1OC. The van der Waals surface area contributed by atoms with E-state index in [0.29, 0.717) is 40.3 Å². The highest BCUT2D eigenvalue weighted by atomic mass is 35.5. The Hall–Kier alpha value is -2.02. The molecule has 0 spiro atoms. The third-order valence-corrected chi connectivity index (χ3v) is 4.18. The molecule has 0 unspecified atom stereocenters. The molecule has 0 saturated heterocycles. The molecule has 2 rings (SSSR count). The lowest BCUT2D eigenvalue weighted by Gasteiger charge is -2.13. The molecule has 2 aromatic rings. The van der Waals surface area contributed by atoms with Gasteiger partial charge in [0.05, 0.1) is 13.7 Å². The first kappa shape index (κ1) is 21.3. The van der Waals surface area contributed by atoms with Crippen LogP contribution in [-0.4, -0.2) is 24.7 Å². The van der Waals surface area contributed by atoms with E-state index >= 15 is 0 Å². The van der Waals surface area contributed by atoms with E-state index in [2.05, 4.69) is 10.6 Å². The quantitative estimate of drug-likeness (QED) is 0.633. The Morgan fingerprint density at radius 3 is 2.44 bits per heavy atom. The molecule has 0 radical (unpaired) electrons. The summed E-state index contributed by atoms with van der Waals surface area (Å²) in [6.45, 7) is 3.08. The number of benzene rings is 2. The maximum absolute atomic E-state index is 12.2. The third kappa shape index (κ3) is 6.57. The molecule has 0 fully saturated rings. The van der Waals surface area contributed by atoms with Gasteiger partial charge >= 0.3 is 0 Å². The minimum Gasteiger partial charge on any atom is -0.493 e. The number of hydrogen-bond acceptors (Lipinski definition) is 4. The number of carbonyl (C=O) groups is 1. The van der Waals surface area contributed by atoms with Gasteiger partial charge in [0, 0.05) is 22.2 Å². The summed E-state index contributed by atoms with van der Waals surface area (Å²) in [6.07, 6.45) is 0.915. The fraction of sp³-hybridized carbons (Fsp3) is 0.263. The van der Waals surface area contributed by atoms with E-state index < -0.39 is 5.91 Å². The summed E-state index contributed by atoms with van der Waals surface area (Å²) < 4.78 is 11.0. The van der Waals surface area contributed by atoms with Gasteiger partial charge in [0.2, 0.25) is 0 Å². The van der Waals surface area contributed by atoms with Gasteiger partial charge in [-0.05, 0) is 54.5 Å². The highest BCUT2D eigenvalue weighted by Gasteiger charge is 2.10. The Labute approximate surface area is 173 Å². The summed E-state index contributed by atoms with van der Waals surface area (Å²) in [6, 6.07) is 10.2. The third-order valence-electron chi connectivity index (χ3n) is 3.49. The van der Waals surface area contributed by atoms with E-state index in [1.54, 1.807) is 13.2 Å². The first-order valence-corrected chi connectivity index (χ1v) is 9.44. The van der Waals surface area contributed by atoms with E-state index in [4.69, 9.17) is 44.9 Å². The molecule has 0 heterocycles. The topological polar surface area (TPSA) is 59.6 Å². The highest BCUT2D eigenvalue weighted by Crippen LogP contribution is 2.28. The number of carbonyl (C=O) groups excluding carboxylic acids is 1. The van der Waals surface area contributed by atoms with Crippen molar-refractivity contribution in [3.8, 4) is 11.5 Å². The zero-order valence-electron chi connectivity index (χ0n) is 15.0. The molecule has 0 aliphatic carbocycles. The Bertz CT molecular complexity index is 810. The molecule has 2 N–H and O–H groups in total. The van der Waals surface area contributed by atoms with Crippen molar-refractivity contribution in [2.75, 3.05) is 13.7 Å². The predicted molar refractivity (Wildman–Crippen MR) is 112 cm³/mol. The molecule has 0 saturated carbocycles. The van der Waals surface area contributed by atoms with Gasteiger partial charge in [-0.3, -0.25) is 10.1 Å². The number of rotatable bonds is 7. The molecule has 8 heteroatoms. The minimum absolute atomic E-state index is 0.196. The minimum atomic E-state index is -0.391. The summed E-state index contributed by atoms with van der Waals surface area (Å²) in [5, 5.41) is 6.53. The van der Waals surface area contributed by atoms with Crippen molar-refractivity contribution in [2.24, 2.45) is 0 Å². The summed E-state index contributed by atoms with van der Waals surface area (Å²) in [5.74, 6) is 0.945. The Morgan fingerprint density at radius 1 is 1.11 bits per heavy atom. The first-order chi connectivity index (χ1) is 12.9. The molecule has 2 aromatic carbocycles. The van der Waals surface area contributed by atoms with E-state index in [1.807, 2.05) is 25.1 Å². The Kier molecular flexibility index (Phi) is 8.16. The van der Waals surface area contributed by atoms with Crippen LogP contribution in [0.2, 0.25) is 10.0 Å². The Morgan fingerprint density at radius 2 is 1.81 bits per heavy atom. The van der Waals surface area contributed by atoms with Crippen LogP contribution in [0.15, 0.2) is 36.4 Å². The van der Waals surface area contributed by atoms with E-state index in [1.165, 1.54) is 12.1 Å². The molecule has 27 heavy (non-hydrogen) atoms. The molecule has 0 bridgehead atoms. The average molecular weight is 427 g/mol. The lowest BCUT2D eigenvalue weighted by molar-refractivity contribution is 0.0976. The smallest absolute Gasteiger partial charge is 0.257 e. The zero-order valence-corrected chi connectivity index (χ0v) is 17.3. The van der Waals surface area contributed by atoms with Crippen molar-refractivity contribution in [3.05, 3.63) is 57.6 Å². The van der Waals surface area contributed by atoms with Crippen LogP contribution in [0.25, 0.3) is 0 Å². The summed E-state index contributed by atoms with van der Waals surface area (Å²) in [5.41, 5.74) is 1.26.